The van der Waals surface area contributed by atoms with Crippen LogP contribution in [0, 0.1) is 0 Å². The molecule has 0 bridgehead atoms. The predicted molar refractivity (Wildman–Crippen MR) is 83.3 cm³/mol. The molecule has 1 atom stereocenters. The van der Waals surface area contributed by atoms with E-state index in [-0.39, 0.29) is 30.0 Å². The lowest BCUT2D eigenvalue weighted by Crippen LogP contribution is -2.37. The van der Waals surface area contributed by atoms with Crippen molar-refractivity contribution < 1.29 is 18.0 Å². The molecule has 0 aliphatic carbocycles. The van der Waals surface area contributed by atoms with Crippen molar-refractivity contribution in [2.24, 2.45) is 10.9 Å². The minimum atomic E-state index is -3.03. The predicted octanol–water partition coefficient (Wildman–Crippen LogP) is 0.280. The molecule has 0 spiro atoms. The highest BCUT2D eigenvalue weighted by atomic mass is 35.5. The molecule has 3 N–H and O–H groups in total. The number of rotatable bonds is 5. The molecule has 1 heterocycles. The van der Waals surface area contributed by atoms with Gasteiger partial charge in [0.25, 0.3) is 5.91 Å². The van der Waals surface area contributed by atoms with Crippen molar-refractivity contribution in [2.75, 3.05) is 18.1 Å². The van der Waals surface area contributed by atoms with Crippen LogP contribution in [0.1, 0.15) is 12.0 Å². The van der Waals surface area contributed by atoms with Gasteiger partial charge in [0.1, 0.15) is 0 Å². The molecule has 1 aromatic carbocycles. The Morgan fingerprint density at radius 1 is 1.50 bits per heavy atom. The van der Waals surface area contributed by atoms with Crippen LogP contribution in [0.25, 0.3) is 0 Å². The number of hydrogen-bond donors (Lipinski definition) is 2. The first-order chi connectivity index (χ1) is 10.4. The van der Waals surface area contributed by atoms with Gasteiger partial charge in [-0.05, 0) is 18.6 Å². The third kappa shape index (κ3) is 4.88. The van der Waals surface area contributed by atoms with E-state index < -0.39 is 15.7 Å². The molecule has 1 saturated heterocycles. The summed E-state index contributed by atoms with van der Waals surface area (Å²) in [4.78, 5) is 16.5. The number of hydrogen-bond acceptors (Lipinski definition) is 5. The molecule has 7 nitrogen and oxygen atoms in total. The van der Waals surface area contributed by atoms with Crippen LogP contribution in [0.2, 0.25) is 5.02 Å². The van der Waals surface area contributed by atoms with Crippen molar-refractivity contribution in [2.45, 2.75) is 12.5 Å². The second-order valence-electron chi connectivity index (χ2n) is 4.93. The largest absolute Gasteiger partial charge is 0.384 e. The van der Waals surface area contributed by atoms with Gasteiger partial charge < -0.3 is 15.9 Å². The molecule has 2 rings (SSSR count). The minimum absolute atomic E-state index is 0.0351. The Balaban J connectivity index is 1.80. The number of nitrogens with one attached hydrogen (secondary N) is 1. The van der Waals surface area contributed by atoms with Gasteiger partial charge >= 0.3 is 0 Å². The lowest BCUT2D eigenvalue weighted by atomic mass is 10.2. The number of nitrogens with zero attached hydrogens (tertiary/aromatic N) is 1. The second-order valence-corrected chi connectivity index (χ2v) is 7.59. The molecular weight excluding hydrogens is 330 g/mol. The summed E-state index contributed by atoms with van der Waals surface area (Å²) in [6, 6.07) is 6.37. The van der Waals surface area contributed by atoms with E-state index in [0.717, 1.165) is 0 Å². The van der Waals surface area contributed by atoms with E-state index in [4.69, 9.17) is 22.2 Å². The highest BCUT2D eigenvalue weighted by molar-refractivity contribution is 7.91. The van der Waals surface area contributed by atoms with Gasteiger partial charge in [0.15, 0.2) is 22.3 Å². The number of carbonyl (C=O) groups excluding carboxylic acids is 1. The summed E-state index contributed by atoms with van der Waals surface area (Å²) in [5.41, 5.74) is 6.28. The van der Waals surface area contributed by atoms with E-state index in [2.05, 4.69) is 10.5 Å². The topological polar surface area (TPSA) is 111 Å². The molecular formula is C13H16ClN3O4S. The SMILES string of the molecule is N/C(=N/OCC(=O)N[C@@H]1CCS(=O)(=O)C1)c1cccc(Cl)c1. The van der Waals surface area contributed by atoms with Crippen LogP contribution < -0.4 is 11.1 Å². The van der Waals surface area contributed by atoms with E-state index in [1.807, 2.05) is 0 Å². The van der Waals surface area contributed by atoms with E-state index in [9.17, 15) is 13.2 Å². The van der Waals surface area contributed by atoms with Crippen molar-refractivity contribution in [1.29, 1.82) is 0 Å². The number of nitrogens with two attached hydrogens (primary N) is 1. The molecule has 1 fully saturated rings. The number of oxime groups is 1. The summed E-state index contributed by atoms with van der Waals surface area (Å²) in [6.07, 6.45) is 0.419. The van der Waals surface area contributed by atoms with E-state index in [0.29, 0.717) is 17.0 Å². The van der Waals surface area contributed by atoms with Crippen LogP contribution in [0.5, 0.6) is 0 Å². The van der Waals surface area contributed by atoms with Crippen molar-refractivity contribution in [3.05, 3.63) is 34.9 Å². The highest BCUT2D eigenvalue weighted by Gasteiger charge is 2.28. The van der Waals surface area contributed by atoms with Gasteiger partial charge in [0.05, 0.1) is 11.5 Å². The summed E-state index contributed by atoms with van der Waals surface area (Å²) in [6.45, 7) is -0.336. The second kappa shape index (κ2) is 6.97. The number of benzene rings is 1. The zero-order valence-electron chi connectivity index (χ0n) is 11.7. The molecule has 22 heavy (non-hydrogen) atoms. The minimum Gasteiger partial charge on any atom is -0.384 e. The lowest BCUT2D eigenvalue weighted by Gasteiger charge is -2.09. The Morgan fingerprint density at radius 2 is 2.27 bits per heavy atom. The van der Waals surface area contributed by atoms with Crippen LogP contribution in [0.3, 0.4) is 0 Å². The molecule has 0 radical (unpaired) electrons. The maximum Gasteiger partial charge on any atom is 0.261 e. The smallest absolute Gasteiger partial charge is 0.261 e. The van der Waals surface area contributed by atoms with E-state index in [1.165, 1.54) is 0 Å². The normalized spacial score (nSPS) is 20.6. The third-order valence-electron chi connectivity index (χ3n) is 3.08. The lowest BCUT2D eigenvalue weighted by molar-refractivity contribution is -0.126. The van der Waals surface area contributed by atoms with Gasteiger partial charge in [-0.1, -0.05) is 28.9 Å². The summed E-state index contributed by atoms with van der Waals surface area (Å²) >= 11 is 5.83. The van der Waals surface area contributed by atoms with Crippen molar-refractivity contribution in [3.8, 4) is 0 Å². The first-order valence-corrected chi connectivity index (χ1v) is 8.77. The standard InChI is InChI=1S/C13H16ClN3O4S/c14-10-3-1-2-9(6-10)13(15)17-21-7-12(18)16-11-4-5-22(19,20)8-11/h1-3,6,11H,4-5,7-8H2,(H2,15,17)(H,16,18)/t11-/m1/s1. The Hall–Kier alpha value is -1.80. The maximum atomic E-state index is 11.6. The maximum absolute atomic E-state index is 11.6. The average Bonchev–Trinajstić information content (AvgIpc) is 2.77. The molecule has 120 valence electrons. The fourth-order valence-electron chi connectivity index (χ4n) is 2.04. The molecule has 0 aromatic heterocycles. The van der Waals surface area contributed by atoms with Gasteiger partial charge in [-0.25, -0.2) is 8.42 Å². The summed E-state index contributed by atoms with van der Waals surface area (Å²) in [5, 5.41) is 6.73. The van der Waals surface area contributed by atoms with Crippen molar-refractivity contribution >= 4 is 33.2 Å². The Morgan fingerprint density at radius 3 is 2.91 bits per heavy atom. The van der Waals surface area contributed by atoms with Crippen LogP contribution in [-0.2, 0) is 19.5 Å². The summed E-state index contributed by atoms with van der Waals surface area (Å²) in [5.74, 6) is -0.283. The molecule has 1 aliphatic rings. The van der Waals surface area contributed by atoms with Crippen LogP contribution in [0.15, 0.2) is 29.4 Å². The number of amidine groups is 1. The Bertz CT molecular complexity index is 690. The molecule has 1 aliphatic heterocycles. The van der Waals surface area contributed by atoms with E-state index >= 15 is 0 Å². The highest BCUT2D eigenvalue weighted by Crippen LogP contribution is 2.11. The zero-order chi connectivity index (χ0) is 16.2. The Kier molecular flexibility index (Phi) is 5.25. The summed E-state index contributed by atoms with van der Waals surface area (Å²) in [7, 11) is -3.03. The van der Waals surface area contributed by atoms with Crippen LogP contribution in [-0.4, -0.2) is 44.3 Å². The van der Waals surface area contributed by atoms with Gasteiger partial charge in [-0.15, -0.1) is 0 Å². The first-order valence-electron chi connectivity index (χ1n) is 6.57. The molecule has 1 amide bonds. The Labute approximate surface area is 133 Å². The summed E-state index contributed by atoms with van der Waals surface area (Å²) < 4.78 is 22.6. The third-order valence-corrected chi connectivity index (χ3v) is 5.08. The van der Waals surface area contributed by atoms with Crippen LogP contribution in [0.4, 0.5) is 0 Å². The van der Waals surface area contributed by atoms with Gasteiger partial charge in [-0.3, -0.25) is 4.79 Å². The molecule has 0 saturated carbocycles. The van der Waals surface area contributed by atoms with Crippen molar-refractivity contribution in [1.82, 2.24) is 5.32 Å². The molecule has 9 heteroatoms. The molecule has 1 aromatic rings. The molecule has 0 unspecified atom stereocenters. The number of carbonyl (C=O) groups is 1. The quantitative estimate of drug-likeness (QED) is 0.452. The fraction of sp³-hybridized carbons (Fsp3) is 0.385. The van der Waals surface area contributed by atoms with Gasteiger partial charge in [-0.2, -0.15) is 0 Å². The average molecular weight is 346 g/mol. The number of amides is 1. The fourth-order valence-corrected chi connectivity index (χ4v) is 3.90. The number of halogens is 1. The van der Waals surface area contributed by atoms with Gasteiger partial charge in [0, 0.05) is 16.6 Å². The first kappa shape index (κ1) is 16.6. The zero-order valence-corrected chi connectivity index (χ0v) is 13.2. The monoisotopic (exact) mass is 345 g/mol. The van der Waals surface area contributed by atoms with Gasteiger partial charge in [0.2, 0.25) is 0 Å². The number of sulfone groups is 1. The van der Waals surface area contributed by atoms with E-state index in [1.54, 1.807) is 24.3 Å². The van der Waals surface area contributed by atoms with Crippen LogP contribution >= 0.6 is 11.6 Å². The van der Waals surface area contributed by atoms with Crippen molar-refractivity contribution in [3.63, 3.8) is 0 Å².